The molecule has 0 aliphatic carbocycles. The van der Waals surface area contributed by atoms with Gasteiger partial charge in [0.1, 0.15) is 12.4 Å². The molecule has 1 aromatic heterocycles. The fraction of sp³-hybridized carbons (Fsp3) is 0.469. The topological polar surface area (TPSA) is 99.2 Å². The third-order valence-electron chi connectivity index (χ3n) is 9.09. The van der Waals surface area contributed by atoms with E-state index >= 15 is 0 Å². The monoisotopic (exact) mass is 638 g/mol. The number of halogens is 1. The van der Waals surface area contributed by atoms with Crippen molar-refractivity contribution in [1.29, 1.82) is 0 Å². The highest BCUT2D eigenvalue weighted by Gasteiger charge is 2.33. The van der Waals surface area contributed by atoms with Gasteiger partial charge in [0.25, 0.3) is 0 Å². The van der Waals surface area contributed by atoms with Gasteiger partial charge >= 0.3 is 6.01 Å². The molecular formula is C32H39ClN6O4S. The summed E-state index contributed by atoms with van der Waals surface area (Å²) in [7, 11) is 0.762. The Morgan fingerprint density at radius 1 is 1.14 bits per heavy atom. The lowest BCUT2D eigenvalue weighted by Gasteiger charge is -2.35. The molecule has 1 amide bonds. The van der Waals surface area contributed by atoms with Crippen LogP contribution in [0, 0.1) is 0 Å². The second kappa shape index (κ2) is 12.5. The maximum atomic E-state index is 12.7. The van der Waals surface area contributed by atoms with E-state index in [1.165, 1.54) is 0 Å². The first-order valence-electron chi connectivity index (χ1n) is 15.1. The summed E-state index contributed by atoms with van der Waals surface area (Å²) in [6, 6.07) is 13.0. The van der Waals surface area contributed by atoms with Crippen molar-refractivity contribution in [3.05, 3.63) is 64.2 Å². The Morgan fingerprint density at radius 3 is 2.68 bits per heavy atom. The third-order valence-corrected chi connectivity index (χ3v) is 10.0. The molecule has 0 spiro atoms. The molecule has 0 bridgehead atoms. The van der Waals surface area contributed by atoms with Crippen LogP contribution in [0.2, 0.25) is 5.02 Å². The van der Waals surface area contributed by atoms with Crippen molar-refractivity contribution in [1.82, 2.24) is 19.8 Å². The minimum atomic E-state index is -3.37. The molecule has 234 valence electrons. The number of anilines is 2. The Labute approximate surface area is 264 Å². The lowest BCUT2D eigenvalue weighted by atomic mass is 10.0. The minimum absolute atomic E-state index is 0.0216. The summed E-state index contributed by atoms with van der Waals surface area (Å²) in [4.78, 5) is 31.1. The largest absolute Gasteiger partial charge is 0.462 e. The molecule has 2 aromatic carbocycles. The van der Waals surface area contributed by atoms with Crippen LogP contribution in [0.25, 0.3) is 10.8 Å². The molecule has 0 radical (unpaired) electrons. The number of amides is 1. The number of fused-ring (bicyclic) bond motifs is 2. The van der Waals surface area contributed by atoms with Gasteiger partial charge in [-0.2, -0.15) is 9.97 Å². The normalized spacial score (nSPS) is 20.9. The van der Waals surface area contributed by atoms with Crippen LogP contribution in [0.4, 0.5) is 11.5 Å². The van der Waals surface area contributed by atoms with Gasteiger partial charge in [-0.05, 0) is 56.8 Å². The lowest BCUT2D eigenvalue weighted by Crippen LogP contribution is -2.39. The molecule has 0 N–H and O–H groups in total. The Bertz CT molecular complexity index is 1690. The lowest BCUT2D eigenvalue weighted by molar-refractivity contribution is -0.125. The van der Waals surface area contributed by atoms with E-state index in [2.05, 4.69) is 46.0 Å². The second-order valence-electron chi connectivity index (χ2n) is 12.1. The number of nitrogens with zero attached hydrogens (tertiary/aromatic N) is 6. The summed E-state index contributed by atoms with van der Waals surface area (Å²) in [5.41, 5.74) is 3.09. The number of sulfone groups is 1. The van der Waals surface area contributed by atoms with Gasteiger partial charge in [0.05, 0.1) is 17.3 Å². The van der Waals surface area contributed by atoms with E-state index in [1.54, 1.807) is 4.90 Å². The third kappa shape index (κ3) is 6.50. The number of ether oxygens (including phenoxy) is 1. The Kier molecular flexibility index (Phi) is 8.72. The van der Waals surface area contributed by atoms with Crippen LogP contribution < -0.4 is 14.5 Å². The van der Waals surface area contributed by atoms with Crippen molar-refractivity contribution in [2.75, 3.05) is 62.9 Å². The van der Waals surface area contributed by atoms with E-state index in [9.17, 15) is 13.2 Å². The van der Waals surface area contributed by atoms with Crippen LogP contribution in [0.5, 0.6) is 6.01 Å². The standard InChI is InChI=1S/C32H39ClN6O4S/c1-36-15-6-9-24(36)21-43-32-34-27-20-38(28-11-5-8-22-7-4-10-26(33)30(22)28)17-13-25(27)31(35-32)37(2)23-12-16-39(19-23)29(40)14-18-44(3,41)42/h4-5,7-8,10-11,14,18,23-24H,6,9,12-13,15-17,19-21H2,1-3H3/t23-,24+/m1/s1. The van der Waals surface area contributed by atoms with Gasteiger partial charge in [0.15, 0.2) is 9.84 Å². The molecule has 12 heteroatoms. The summed E-state index contributed by atoms with van der Waals surface area (Å²) in [6.07, 6.45) is 5.96. The Balaban J connectivity index is 1.29. The van der Waals surface area contributed by atoms with E-state index in [0.29, 0.717) is 38.3 Å². The van der Waals surface area contributed by atoms with Gasteiger partial charge < -0.3 is 24.3 Å². The summed E-state index contributed by atoms with van der Waals surface area (Å²) in [6.45, 7) is 3.98. The van der Waals surface area contributed by atoms with Crippen LogP contribution in [-0.2, 0) is 27.6 Å². The van der Waals surface area contributed by atoms with Crippen molar-refractivity contribution in [3.63, 3.8) is 0 Å². The fourth-order valence-electron chi connectivity index (χ4n) is 6.57. The van der Waals surface area contributed by atoms with Crippen molar-refractivity contribution in [2.45, 2.75) is 44.3 Å². The predicted octanol–water partition coefficient (Wildman–Crippen LogP) is 3.91. The summed E-state index contributed by atoms with van der Waals surface area (Å²) < 4.78 is 29.3. The number of hydrogen-bond donors (Lipinski definition) is 0. The molecule has 3 aromatic rings. The smallest absolute Gasteiger partial charge is 0.318 e. The number of likely N-dealkylation sites (tertiary alicyclic amines) is 2. The van der Waals surface area contributed by atoms with Crippen LogP contribution in [-0.4, -0.2) is 99.3 Å². The van der Waals surface area contributed by atoms with Gasteiger partial charge in [0, 0.05) is 73.1 Å². The van der Waals surface area contributed by atoms with Gasteiger partial charge in [-0.1, -0.05) is 35.9 Å². The summed E-state index contributed by atoms with van der Waals surface area (Å²) in [5.74, 6) is 0.525. The number of aromatic nitrogens is 2. The molecule has 44 heavy (non-hydrogen) atoms. The Morgan fingerprint density at radius 2 is 1.93 bits per heavy atom. The molecule has 10 nitrogen and oxygen atoms in total. The number of carbonyl (C=O) groups excluding carboxylic acids is 1. The molecule has 4 heterocycles. The molecule has 3 aliphatic rings. The first-order chi connectivity index (χ1) is 21.1. The number of likely N-dealkylation sites (N-methyl/N-ethyl adjacent to an activating group) is 2. The van der Waals surface area contributed by atoms with E-state index in [0.717, 1.165) is 95.1 Å². The highest BCUT2D eigenvalue weighted by atomic mass is 35.5. The van der Waals surface area contributed by atoms with Crippen LogP contribution in [0.1, 0.15) is 30.5 Å². The SMILES string of the molecule is CN1CCC[C@H]1COc1nc2c(c(N(C)[C@@H]3CCN(C(=O)C=CS(C)(=O)=O)C3)n1)CCN(c1cccc3cccc(Cl)c13)C2. The average Bonchev–Trinajstić information content (AvgIpc) is 3.66. The van der Waals surface area contributed by atoms with Crippen LogP contribution in [0.15, 0.2) is 47.9 Å². The molecule has 0 unspecified atom stereocenters. The number of rotatable bonds is 8. The van der Waals surface area contributed by atoms with Crippen LogP contribution in [0.3, 0.4) is 0 Å². The molecule has 0 saturated carbocycles. The van der Waals surface area contributed by atoms with Crippen LogP contribution >= 0.6 is 11.6 Å². The predicted molar refractivity (Wildman–Crippen MR) is 174 cm³/mol. The quantitative estimate of drug-likeness (QED) is 0.340. The first kappa shape index (κ1) is 30.6. The summed E-state index contributed by atoms with van der Waals surface area (Å²) in [5, 5.41) is 3.82. The maximum absolute atomic E-state index is 12.7. The summed E-state index contributed by atoms with van der Waals surface area (Å²) >= 11 is 6.69. The van der Waals surface area contributed by atoms with Gasteiger partial charge in [-0.3, -0.25) is 4.79 Å². The fourth-order valence-corrected chi connectivity index (χ4v) is 7.21. The van der Waals surface area contributed by atoms with Gasteiger partial charge in [-0.15, -0.1) is 0 Å². The molecule has 2 atom stereocenters. The number of hydrogen-bond acceptors (Lipinski definition) is 9. The molecular weight excluding hydrogens is 600 g/mol. The molecule has 3 aliphatic heterocycles. The van der Waals surface area contributed by atoms with Crippen molar-refractivity contribution in [3.8, 4) is 6.01 Å². The number of carbonyl (C=O) groups is 1. The average molecular weight is 639 g/mol. The van der Waals surface area contributed by atoms with Crippen molar-refractivity contribution >= 4 is 49.6 Å². The van der Waals surface area contributed by atoms with Crippen molar-refractivity contribution < 1.29 is 17.9 Å². The zero-order valence-electron chi connectivity index (χ0n) is 25.4. The Hall–Kier alpha value is -3.41. The van der Waals surface area contributed by atoms with Gasteiger partial charge in [0.2, 0.25) is 5.91 Å². The van der Waals surface area contributed by atoms with Crippen molar-refractivity contribution in [2.24, 2.45) is 0 Å². The zero-order chi connectivity index (χ0) is 31.0. The highest BCUT2D eigenvalue weighted by molar-refractivity contribution is 7.93. The highest BCUT2D eigenvalue weighted by Crippen LogP contribution is 2.37. The molecule has 6 rings (SSSR count). The zero-order valence-corrected chi connectivity index (χ0v) is 27.0. The molecule has 2 saturated heterocycles. The minimum Gasteiger partial charge on any atom is -0.462 e. The van der Waals surface area contributed by atoms with E-state index in [-0.39, 0.29) is 11.9 Å². The van der Waals surface area contributed by atoms with E-state index < -0.39 is 9.84 Å². The number of benzene rings is 2. The van der Waals surface area contributed by atoms with Gasteiger partial charge in [-0.25, -0.2) is 8.42 Å². The first-order valence-corrected chi connectivity index (χ1v) is 17.5. The van der Waals surface area contributed by atoms with E-state index in [1.807, 2.05) is 19.2 Å². The van der Waals surface area contributed by atoms with E-state index in [4.69, 9.17) is 26.3 Å². The molecule has 2 fully saturated rings. The maximum Gasteiger partial charge on any atom is 0.318 e. The second-order valence-corrected chi connectivity index (χ2v) is 14.4.